The van der Waals surface area contributed by atoms with Gasteiger partial charge in [-0.1, -0.05) is 0 Å². The predicted molar refractivity (Wildman–Crippen MR) is 65.2 cm³/mol. The average molecular weight is 299 g/mol. The molecule has 7 heteroatoms. The molecule has 0 aliphatic carbocycles. The van der Waals surface area contributed by atoms with Crippen molar-refractivity contribution in [2.45, 2.75) is 6.54 Å². The molecule has 2 rings (SSSR count). The van der Waals surface area contributed by atoms with Gasteiger partial charge in [-0.2, -0.15) is 5.10 Å². The largest absolute Gasteiger partial charge is 0.452 e. The first-order chi connectivity index (χ1) is 8.06. The summed E-state index contributed by atoms with van der Waals surface area (Å²) in [5.41, 5.74) is 5.79. The van der Waals surface area contributed by atoms with Gasteiger partial charge in [0.1, 0.15) is 17.3 Å². The van der Waals surface area contributed by atoms with Gasteiger partial charge in [0.05, 0.1) is 6.54 Å². The normalized spacial score (nSPS) is 10.5. The van der Waals surface area contributed by atoms with E-state index in [0.717, 1.165) is 0 Å². The molecule has 0 saturated heterocycles. The molecule has 17 heavy (non-hydrogen) atoms. The second-order valence-electron chi connectivity index (χ2n) is 3.57. The lowest BCUT2D eigenvalue weighted by molar-refractivity contribution is 0.0769. The number of aromatic amines is 1. The van der Waals surface area contributed by atoms with E-state index in [-0.39, 0.29) is 5.91 Å². The summed E-state index contributed by atoms with van der Waals surface area (Å²) in [6.45, 7) is 0.378. The SMILES string of the molecule is CN(Cc1ccc(Br)o1)C(=O)c1cc(N)n[nH]1. The topological polar surface area (TPSA) is 88.2 Å². The van der Waals surface area contributed by atoms with Crippen LogP contribution in [0.1, 0.15) is 16.2 Å². The molecule has 0 unspecified atom stereocenters. The smallest absolute Gasteiger partial charge is 0.272 e. The molecular weight excluding hydrogens is 288 g/mol. The number of nitrogens with two attached hydrogens (primary N) is 1. The maximum atomic E-state index is 11.9. The molecule has 90 valence electrons. The molecule has 0 radical (unpaired) electrons. The van der Waals surface area contributed by atoms with Crippen molar-refractivity contribution in [1.29, 1.82) is 0 Å². The van der Waals surface area contributed by atoms with Crippen LogP contribution in [0, 0.1) is 0 Å². The molecule has 0 saturated carbocycles. The second-order valence-corrected chi connectivity index (χ2v) is 4.36. The summed E-state index contributed by atoms with van der Waals surface area (Å²) in [7, 11) is 1.68. The summed E-state index contributed by atoms with van der Waals surface area (Å²) in [6.07, 6.45) is 0. The molecule has 0 bridgehead atoms. The average Bonchev–Trinajstić information content (AvgIpc) is 2.87. The van der Waals surface area contributed by atoms with Crippen molar-refractivity contribution in [1.82, 2.24) is 15.1 Å². The van der Waals surface area contributed by atoms with Crippen molar-refractivity contribution >= 4 is 27.7 Å². The van der Waals surface area contributed by atoms with Crippen LogP contribution < -0.4 is 5.73 Å². The Hall–Kier alpha value is -1.76. The van der Waals surface area contributed by atoms with Crippen molar-refractivity contribution in [2.24, 2.45) is 0 Å². The third-order valence-electron chi connectivity index (χ3n) is 2.20. The summed E-state index contributed by atoms with van der Waals surface area (Å²) in [6, 6.07) is 5.08. The van der Waals surface area contributed by atoms with E-state index in [0.29, 0.717) is 28.5 Å². The van der Waals surface area contributed by atoms with Gasteiger partial charge >= 0.3 is 0 Å². The lowest BCUT2D eigenvalue weighted by Gasteiger charge is -2.14. The molecule has 0 aliphatic rings. The van der Waals surface area contributed by atoms with Crippen LogP contribution in [-0.4, -0.2) is 28.1 Å². The van der Waals surface area contributed by atoms with E-state index in [1.807, 2.05) is 0 Å². The van der Waals surface area contributed by atoms with Crippen LogP contribution in [0.5, 0.6) is 0 Å². The van der Waals surface area contributed by atoms with Crippen molar-refractivity contribution in [3.63, 3.8) is 0 Å². The van der Waals surface area contributed by atoms with Gasteiger partial charge in [-0.25, -0.2) is 0 Å². The summed E-state index contributed by atoms with van der Waals surface area (Å²) in [5.74, 6) is 0.796. The van der Waals surface area contributed by atoms with Gasteiger partial charge < -0.3 is 15.1 Å². The van der Waals surface area contributed by atoms with E-state index in [4.69, 9.17) is 10.2 Å². The maximum Gasteiger partial charge on any atom is 0.272 e. The third-order valence-corrected chi connectivity index (χ3v) is 2.62. The standard InChI is InChI=1S/C10H11BrN4O2/c1-15(5-6-2-3-8(11)17-6)10(16)7-4-9(12)14-13-7/h2-4H,5H2,1H3,(H3,12,13,14). The van der Waals surface area contributed by atoms with Crippen molar-refractivity contribution in [3.8, 4) is 0 Å². The molecule has 2 aromatic rings. The number of aromatic nitrogens is 2. The number of halogens is 1. The minimum absolute atomic E-state index is 0.193. The number of carbonyl (C=O) groups is 1. The number of nitrogens with zero attached hydrogens (tertiary/aromatic N) is 2. The molecule has 2 heterocycles. The van der Waals surface area contributed by atoms with Gasteiger partial charge in [0.15, 0.2) is 4.67 Å². The second kappa shape index (κ2) is 4.62. The fraction of sp³-hybridized carbons (Fsp3) is 0.200. The molecule has 3 N–H and O–H groups in total. The molecule has 0 aliphatic heterocycles. The quantitative estimate of drug-likeness (QED) is 0.901. The molecule has 6 nitrogen and oxygen atoms in total. The van der Waals surface area contributed by atoms with Gasteiger partial charge in [0.25, 0.3) is 5.91 Å². The summed E-state index contributed by atoms with van der Waals surface area (Å²) < 4.78 is 5.96. The number of carbonyl (C=O) groups excluding carboxylic acids is 1. The Morgan fingerprint density at radius 2 is 2.41 bits per heavy atom. The third kappa shape index (κ3) is 2.68. The summed E-state index contributed by atoms with van der Waals surface area (Å²) in [5, 5.41) is 6.28. The molecule has 0 aromatic carbocycles. The van der Waals surface area contributed by atoms with Crippen LogP contribution in [0.4, 0.5) is 5.82 Å². The van der Waals surface area contributed by atoms with Crippen LogP contribution >= 0.6 is 15.9 Å². The minimum Gasteiger partial charge on any atom is -0.452 e. The summed E-state index contributed by atoms with van der Waals surface area (Å²) in [4.78, 5) is 13.4. The molecule has 1 amide bonds. The van der Waals surface area contributed by atoms with Crippen molar-refractivity contribution in [2.75, 3.05) is 12.8 Å². The highest BCUT2D eigenvalue weighted by molar-refractivity contribution is 9.10. The zero-order valence-electron chi connectivity index (χ0n) is 9.11. The van der Waals surface area contributed by atoms with E-state index in [2.05, 4.69) is 26.1 Å². The van der Waals surface area contributed by atoms with E-state index < -0.39 is 0 Å². The molecule has 0 spiro atoms. The fourth-order valence-electron chi connectivity index (χ4n) is 1.39. The number of furan rings is 1. The Morgan fingerprint density at radius 1 is 1.65 bits per heavy atom. The molecule has 0 fully saturated rings. The minimum atomic E-state index is -0.193. The first-order valence-corrected chi connectivity index (χ1v) is 5.66. The van der Waals surface area contributed by atoms with E-state index in [1.54, 1.807) is 19.2 Å². The van der Waals surface area contributed by atoms with Crippen LogP contribution in [-0.2, 0) is 6.54 Å². The van der Waals surface area contributed by atoms with Crippen molar-refractivity contribution in [3.05, 3.63) is 34.3 Å². The lowest BCUT2D eigenvalue weighted by Crippen LogP contribution is -2.26. The number of amides is 1. The van der Waals surface area contributed by atoms with Gasteiger partial charge in [-0.3, -0.25) is 9.89 Å². The monoisotopic (exact) mass is 298 g/mol. The molecule has 0 atom stereocenters. The van der Waals surface area contributed by atoms with Crippen LogP contribution in [0.3, 0.4) is 0 Å². The number of rotatable bonds is 3. The Morgan fingerprint density at radius 3 is 2.94 bits per heavy atom. The predicted octanol–water partition coefficient (Wildman–Crippen LogP) is 1.62. The Bertz CT molecular complexity index is 534. The van der Waals surface area contributed by atoms with Gasteiger partial charge in [0.2, 0.25) is 0 Å². The lowest BCUT2D eigenvalue weighted by atomic mass is 10.3. The van der Waals surface area contributed by atoms with Crippen molar-refractivity contribution < 1.29 is 9.21 Å². The summed E-state index contributed by atoms with van der Waals surface area (Å²) >= 11 is 3.20. The highest BCUT2D eigenvalue weighted by Gasteiger charge is 2.15. The Kier molecular flexibility index (Phi) is 3.19. The number of hydrogen-bond acceptors (Lipinski definition) is 4. The molecular formula is C10H11BrN4O2. The number of hydrogen-bond donors (Lipinski definition) is 2. The van der Waals surface area contributed by atoms with E-state index in [1.165, 1.54) is 11.0 Å². The fourth-order valence-corrected chi connectivity index (χ4v) is 1.73. The first-order valence-electron chi connectivity index (χ1n) is 4.87. The highest BCUT2D eigenvalue weighted by Crippen LogP contribution is 2.16. The number of H-pyrrole nitrogens is 1. The zero-order chi connectivity index (χ0) is 12.4. The number of nitrogens with one attached hydrogen (secondary N) is 1. The van der Waals surface area contributed by atoms with E-state index in [9.17, 15) is 4.79 Å². The number of nitrogen functional groups attached to an aromatic ring is 1. The molecule has 2 aromatic heterocycles. The van der Waals surface area contributed by atoms with Crippen LogP contribution in [0.15, 0.2) is 27.3 Å². The van der Waals surface area contributed by atoms with Gasteiger partial charge in [-0.15, -0.1) is 0 Å². The maximum absolute atomic E-state index is 11.9. The van der Waals surface area contributed by atoms with Crippen LogP contribution in [0.2, 0.25) is 0 Å². The van der Waals surface area contributed by atoms with Gasteiger partial charge in [-0.05, 0) is 28.1 Å². The first kappa shape index (κ1) is 11.7. The Labute approximate surface area is 106 Å². The van der Waals surface area contributed by atoms with E-state index >= 15 is 0 Å². The van der Waals surface area contributed by atoms with Crippen LogP contribution in [0.25, 0.3) is 0 Å². The van der Waals surface area contributed by atoms with Gasteiger partial charge in [0, 0.05) is 13.1 Å². The number of anilines is 1. The highest BCUT2D eigenvalue weighted by atomic mass is 79.9. The Balaban J connectivity index is 2.05. The zero-order valence-corrected chi connectivity index (χ0v) is 10.7.